The molecule has 86 valence electrons. The van der Waals surface area contributed by atoms with E-state index in [9.17, 15) is 0 Å². The van der Waals surface area contributed by atoms with E-state index in [0.29, 0.717) is 11.0 Å². The molecule has 0 spiro atoms. The standard InChI is InChI=1S/C12H15BrN2S/c1-7(8-5-6-8)15-10-4-2-3-9(13)11(10)12(14)16/h2-4,7-8,15H,5-6H2,1H3,(H2,14,16). The highest BCUT2D eigenvalue weighted by Gasteiger charge is 2.28. The molecule has 0 bridgehead atoms. The van der Waals surface area contributed by atoms with Crippen LogP contribution in [-0.2, 0) is 0 Å². The van der Waals surface area contributed by atoms with E-state index in [1.165, 1.54) is 12.8 Å². The first-order valence-corrected chi connectivity index (χ1v) is 6.64. The smallest absolute Gasteiger partial charge is 0.107 e. The van der Waals surface area contributed by atoms with Crippen LogP contribution in [0.1, 0.15) is 25.3 Å². The third-order valence-corrected chi connectivity index (χ3v) is 3.84. The highest BCUT2D eigenvalue weighted by Crippen LogP contribution is 2.35. The molecule has 2 rings (SSSR count). The van der Waals surface area contributed by atoms with Crippen molar-refractivity contribution in [2.75, 3.05) is 5.32 Å². The molecule has 1 aromatic rings. The molecule has 0 aliphatic heterocycles. The maximum atomic E-state index is 5.74. The average molecular weight is 299 g/mol. The molecule has 3 N–H and O–H groups in total. The van der Waals surface area contributed by atoms with Gasteiger partial charge in [0.1, 0.15) is 4.99 Å². The van der Waals surface area contributed by atoms with E-state index in [1.807, 2.05) is 18.2 Å². The molecule has 0 radical (unpaired) electrons. The molecule has 4 heteroatoms. The van der Waals surface area contributed by atoms with Gasteiger partial charge >= 0.3 is 0 Å². The van der Waals surface area contributed by atoms with Gasteiger partial charge in [0.05, 0.1) is 0 Å². The minimum atomic E-state index is 0.429. The molecule has 2 nitrogen and oxygen atoms in total. The van der Waals surface area contributed by atoms with Crippen molar-refractivity contribution in [1.29, 1.82) is 0 Å². The molecule has 16 heavy (non-hydrogen) atoms. The fourth-order valence-electron chi connectivity index (χ4n) is 1.85. The lowest BCUT2D eigenvalue weighted by molar-refractivity contribution is 0.694. The van der Waals surface area contributed by atoms with Crippen LogP contribution < -0.4 is 11.1 Å². The summed E-state index contributed by atoms with van der Waals surface area (Å²) in [7, 11) is 0. The van der Waals surface area contributed by atoms with Crippen LogP contribution in [0.3, 0.4) is 0 Å². The van der Waals surface area contributed by atoms with Gasteiger partial charge < -0.3 is 11.1 Å². The Labute approximate surface area is 110 Å². The SMILES string of the molecule is CC(Nc1cccc(Br)c1C(N)=S)C1CC1. The van der Waals surface area contributed by atoms with Gasteiger partial charge in [0.15, 0.2) is 0 Å². The van der Waals surface area contributed by atoms with Crippen LogP contribution >= 0.6 is 28.1 Å². The third kappa shape index (κ3) is 2.55. The molecule has 1 aliphatic carbocycles. The highest BCUT2D eigenvalue weighted by molar-refractivity contribution is 9.10. The predicted octanol–water partition coefficient (Wildman–Crippen LogP) is 3.29. The topological polar surface area (TPSA) is 38.0 Å². The number of hydrogen-bond acceptors (Lipinski definition) is 2. The minimum Gasteiger partial charge on any atom is -0.389 e. The summed E-state index contributed by atoms with van der Waals surface area (Å²) in [6.45, 7) is 2.21. The maximum absolute atomic E-state index is 5.74. The molecule has 1 unspecified atom stereocenters. The van der Waals surface area contributed by atoms with Gasteiger partial charge in [-0.05, 0) is 53.7 Å². The molecular formula is C12H15BrN2S. The Balaban J connectivity index is 2.24. The first-order chi connectivity index (χ1) is 7.59. The predicted molar refractivity (Wildman–Crippen MR) is 75.8 cm³/mol. The van der Waals surface area contributed by atoms with E-state index in [4.69, 9.17) is 18.0 Å². The normalized spacial score (nSPS) is 16.9. The van der Waals surface area contributed by atoms with Gasteiger partial charge in [-0.1, -0.05) is 18.3 Å². The summed E-state index contributed by atoms with van der Waals surface area (Å²) in [6, 6.07) is 6.47. The van der Waals surface area contributed by atoms with Crippen LogP contribution in [0, 0.1) is 5.92 Å². The first-order valence-electron chi connectivity index (χ1n) is 5.44. The number of hydrogen-bond donors (Lipinski definition) is 2. The van der Waals surface area contributed by atoms with Crippen LogP contribution in [0.2, 0.25) is 0 Å². The van der Waals surface area contributed by atoms with E-state index in [1.54, 1.807) is 0 Å². The van der Waals surface area contributed by atoms with Crippen molar-refractivity contribution in [3.8, 4) is 0 Å². The molecule has 0 saturated heterocycles. The summed E-state index contributed by atoms with van der Waals surface area (Å²) in [6.07, 6.45) is 2.65. The number of nitrogens with two attached hydrogens (primary N) is 1. The fourth-order valence-corrected chi connectivity index (χ4v) is 2.79. The Morgan fingerprint density at radius 3 is 2.81 bits per heavy atom. The van der Waals surface area contributed by atoms with Gasteiger partial charge in [-0.25, -0.2) is 0 Å². The second-order valence-electron chi connectivity index (χ2n) is 4.30. The van der Waals surface area contributed by atoms with E-state index in [0.717, 1.165) is 21.6 Å². The molecule has 1 saturated carbocycles. The number of anilines is 1. The van der Waals surface area contributed by atoms with Gasteiger partial charge in [0.25, 0.3) is 0 Å². The van der Waals surface area contributed by atoms with Gasteiger partial charge in [-0.3, -0.25) is 0 Å². The van der Waals surface area contributed by atoms with Crippen molar-refractivity contribution in [2.45, 2.75) is 25.8 Å². The summed E-state index contributed by atoms with van der Waals surface area (Å²) in [5.74, 6) is 0.804. The molecule has 0 aromatic heterocycles. The number of nitrogens with one attached hydrogen (secondary N) is 1. The van der Waals surface area contributed by atoms with Crippen molar-refractivity contribution in [3.05, 3.63) is 28.2 Å². The van der Waals surface area contributed by atoms with Gasteiger partial charge in [-0.15, -0.1) is 0 Å². The van der Waals surface area contributed by atoms with Gasteiger partial charge in [0.2, 0.25) is 0 Å². The number of halogens is 1. The Morgan fingerprint density at radius 1 is 1.56 bits per heavy atom. The van der Waals surface area contributed by atoms with Crippen LogP contribution in [0.25, 0.3) is 0 Å². The lowest BCUT2D eigenvalue weighted by Gasteiger charge is -2.18. The number of thiocarbonyl (C=S) groups is 1. The van der Waals surface area contributed by atoms with Crippen molar-refractivity contribution >= 4 is 38.8 Å². The molecule has 0 amide bonds. The average Bonchev–Trinajstić information content (AvgIpc) is 2.99. The lowest BCUT2D eigenvalue weighted by Crippen LogP contribution is -2.21. The molecule has 0 heterocycles. The zero-order chi connectivity index (χ0) is 11.7. The molecule has 1 aliphatic rings. The van der Waals surface area contributed by atoms with Crippen molar-refractivity contribution in [1.82, 2.24) is 0 Å². The Kier molecular flexibility index (Phi) is 3.50. The second-order valence-corrected chi connectivity index (χ2v) is 5.59. The van der Waals surface area contributed by atoms with Crippen molar-refractivity contribution in [2.24, 2.45) is 11.7 Å². The first kappa shape index (κ1) is 11.9. The van der Waals surface area contributed by atoms with Gasteiger partial charge in [0, 0.05) is 21.8 Å². The quantitative estimate of drug-likeness (QED) is 0.838. The van der Waals surface area contributed by atoms with E-state index < -0.39 is 0 Å². The van der Waals surface area contributed by atoms with E-state index in [-0.39, 0.29) is 0 Å². The lowest BCUT2D eigenvalue weighted by atomic mass is 10.1. The molecule has 1 aromatic carbocycles. The van der Waals surface area contributed by atoms with Crippen LogP contribution in [-0.4, -0.2) is 11.0 Å². The zero-order valence-electron chi connectivity index (χ0n) is 9.16. The Morgan fingerprint density at radius 2 is 2.25 bits per heavy atom. The summed E-state index contributed by atoms with van der Waals surface area (Å²) < 4.78 is 0.952. The molecule has 1 atom stereocenters. The number of rotatable bonds is 4. The Bertz CT molecular complexity index is 415. The highest BCUT2D eigenvalue weighted by atomic mass is 79.9. The number of benzene rings is 1. The molecule has 1 fully saturated rings. The van der Waals surface area contributed by atoms with Crippen LogP contribution in [0.4, 0.5) is 5.69 Å². The third-order valence-electron chi connectivity index (χ3n) is 2.97. The minimum absolute atomic E-state index is 0.429. The largest absolute Gasteiger partial charge is 0.389 e. The van der Waals surface area contributed by atoms with E-state index >= 15 is 0 Å². The Hall–Kier alpha value is -0.610. The zero-order valence-corrected chi connectivity index (χ0v) is 11.6. The fraction of sp³-hybridized carbons (Fsp3) is 0.417. The van der Waals surface area contributed by atoms with E-state index in [2.05, 4.69) is 28.2 Å². The maximum Gasteiger partial charge on any atom is 0.107 e. The second kappa shape index (κ2) is 4.72. The van der Waals surface area contributed by atoms with Crippen molar-refractivity contribution < 1.29 is 0 Å². The monoisotopic (exact) mass is 298 g/mol. The van der Waals surface area contributed by atoms with Crippen molar-refractivity contribution in [3.63, 3.8) is 0 Å². The summed E-state index contributed by atoms with van der Waals surface area (Å²) >= 11 is 8.56. The molecular weight excluding hydrogens is 284 g/mol. The summed E-state index contributed by atoms with van der Waals surface area (Å²) in [4.78, 5) is 0.429. The summed E-state index contributed by atoms with van der Waals surface area (Å²) in [5.41, 5.74) is 7.68. The van der Waals surface area contributed by atoms with Crippen LogP contribution in [0.15, 0.2) is 22.7 Å². The van der Waals surface area contributed by atoms with Crippen LogP contribution in [0.5, 0.6) is 0 Å². The van der Waals surface area contributed by atoms with Gasteiger partial charge in [-0.2, -0.15) is 0 Å². The summed E-state index contributed by atoms with van der Waals surface area (Å²) in [5, 5.41) is 3.50.